The fourth-order valence-corrected chi connectivity index (χ4v) is 2.64. The van der Waals surface area contributed by atoms with Gasteiger partial charge in [0, 0.05) is 4.88 Å². The zero-order chi connectivity index (χ0) is 11.4. The lowest BCUT2D eigenvalue weighted by molar-refractivity contribution is -0.139. The van der Waals surface area contributed by atoms with Crippen molar-refractivity contribution in [3.63, 3.8) is 0 Å². The van der Waals surface area contributed by atoms with Crippen molar-refractivity contribution in [1.29, 1.82) is 0 Å². The van der Waals surface area contributed by atoms with Crippen molar-refractivity contribution in [3.8, 4) is 0 Å². The van der Waals surface area contributed by atoms with Gasteiger partial charge in [0.15, 0.2) is 0 Å². The number of carbonyl (C=O) groups is 1. The summed E-state index contributed by atoms with van der Waals surface area (Å²) in [6, 6.07) is 3.11. The quantitative estimate of drug-likeness (QED) is 0.877. The second-order valence-corrected chi connectivity index (χ2v) is 6.21. The second kappa shape index (κ2) is 5.63. The summed E-state index contributed by atoms with van der Waals surface area (Å²) >= 11 is 4.78. The number of nitrogens with one attached hydrogen (secondary N) is 1. The van der Waals surface area contributed by atoms with E-state index in [4.69, 9.17) is 5.11 Å². The summed E-state index contributed by atoms with van der Waals surface area (Å²) < 4.78 is 0.954. The first kappa shape index (κ1) is 12.7. The fraction of sp³-hybridized carbons (Fsp3) is 0.500. The molecule has 1 aromatic heterocycles. The Balaban J connectivity index is 2.70. The second-order valence-electron chi connectivity index (χ2n) is 3.72. The van der Waals surface area contributed by atoms with Crippen LogP contribution >= 0.6 is 27.3 Å². The highest BCUT2D eigenvalue weighted by atomic mass is 79.9. The molecule has 0 aliphatic rings. The molecule has 0 radical (unpaired) electrons. The normalized spacial score (nSPS) is 13.1. The third-order valence-electron chi connectivity index (χ3n) is 1.86. The molecular formula is C10H14BrNO2S. The Morgan fingerprint density at radius 3 is 2.67 bits per heavy atom. The highest BCUT2D eigenvalue weighted by Crippen LogP contribution is 2.27. The van der Waals surface area contributed by atoms with E-state index in [9.17, 15) is 4.79 Å². The summed E-state index contributed by atoms with van der Waals surface area (Å²) in [5.74, 6) is -0.389. The molecule has 15 heavy (non-hydrogen) atoms. The van der Waals surface area contributed by atoms with Crippen LogP contribution < -0.4 is 5.32 Å². The first-order valence-corrected chi connectivity index (χ1v) is 6.33. The summed E-state index contributed by atoms with van der Waals surface area (Å²) in [5, 5.41) is 12.1. The predicted octanol–water partition coefficient (Wildman–Crippen LogP) is 2.88. The Kier molecular flexibility index (Phi) is 4.76. The van der Waals surface area contributed by atoms with Crippen molar-refractivity contribution in [2.24, 2.45) is 5.92 Å². The van der Waals surface area contributed by atoms with Crippen LogP contribution in [0.2, 0.25) is 0 Å². The molecule has 1 unspecified atom stereocenters. The highest BCUT2D eigenvalue weighted by molar-refractivity contribution is 9.11. The van der Waals surface area contributed by atoms with Gasteiger partial charge >= 0.3 is 5.97 Å². The smallest absolute Gasteiger partial charge is 0.326 e. The van der Waals surface area contributed by atoms with Gasteiger partial charge in [-0.3, -0.25) is 10.1 Å². The summed E-state index contributed by atoms with van der Waals surface area (Å²) in [7, 11) is 0. The largest absolute Gasteiger partial charge is 0.480 e. The third kappa shape index (κ3) is 3.93. The average Bonchev–Trinajstić information content (AvgIpc) is 2.51. The molecule has 1 rings (SSSR count). The molecule has 0 spiro atoms. The average molecular weight is 292 g/mol. The molecule has 5 heteroatoms. The number of halogens is 1. The van der Waals surface area contributed by atoms with E-state index in [-0.39, 0.29) is 0 Å². The molecule has 0 amide bonds. The lowest BCUT2D eigenvalue weighted by atomic mass is 10.2. The van der Waals surface area contributed by atoms with Crippen LogP contribution in [0.25, 0.3) is 0 Å². The van der Waals surface area contributed by atoms with Crippen LogP contribution in [0.15, 0.2) is 15.9 Å². The minimum absolute atomic E-state index is 0.440. The van der Waals surface area contributed by atoms with Crippen molar-refractivity contribution >= 4 is 33.2 Å². The van der Waals surface area contributed by atoms with Crippen LogP contribution in [0.3, 0.4) is 0 Å². The minimum atomic E-state index is -0.829. The molecule has 1 atom stereocenters. The van der Waals surface area contributed by atoms with E-state index < -0.39 is 12.0 Å². The first-order chi connectivity index (χ1) is 7.00. The lowest BCUT2D eigenvalue weighted by Gasteiger charge is -2.14. The Bertz CT molecular complexity index is 338. The van der Waals surface area contributed by atoms with Crippen LogP contribution in [0.1, 0.15) is 24.8 Å². The van der Waals surface area contributed by atoms with Gasteiger partial charge in [-0.05, 0) is 40.5 Å². The molecule has 0 aliphatic carbocycles. The van der Waals surface area contributed by atoms with E-state index in [1.165, 1.54) is 11.3 Å². The zero-order valence-electron chi connectivity index (χ0n) is 8.66. The van der Waals surface area contributed by atoms with Gasteiger partial charge in [0.1, 0.15) is 6.04 Å². The van der Waals surface area contributed by atoms with Crippen molar-refractivity contribution in [1.82, 2.24) is 5.32 Å². The van der Waals surface area contributed by atoms with Crippen LogP contribution in [0, 0.1) is 5.92 Å². The Morgan fingerprint density at radius 2 is 2.27 bits per heavy atom. The van der Waals surface area contributed by atoms with Gasteiger partial charge in [-0.1, -0.05) is 13.8 Å². The molecule has 1 heterocycles. The van der Waals surface area contributed by atoms with Gasteiger partial charge in [-0.2, -0.15) is 0 Å². The van der Waals surface area contributed by atoms with Gasteiger partial charge in [0.05, 0.1) is 3.79 Å². The Labute approximate surface area is 102 Å². The van der Waals surface area contributed by atoms with Gasteiger partial charge in [-0.15, -0.1) is 11.3 Å². The molecule has 0 saturated heterocycles. The molecule has 84 valence electrons. The topological polar surface area (TPSA) is 49.3 Å². The number of carboxylic acids is 1. The van der Waals surface area contributed by atoms with Gasteiger partial charge in [-0.25, -0.2) is 0 Å². The molecular weight excluding hydrogens is 278 g/mol. The molecule has 1 aromatic rings. The molecule has 3 nitrogen and oxygen atoms in total. The maximum atomic E-state index is 11.1. The lowest BCUT2D eigenvalue weighted by Crippen LogP contribution is -2.30. The molecule has 0 bridgehead atoms. The molecule has 0 aromatic carbocycles. The van der Waals surface area contributed by atoms with Crippen LogP contribution in [-0.4, -0.2) is 17.6 Å². The highest BCUT2D eigenvalue weighted by Gasteiger charge is 2.20. The van der Waals surface area contributed by atoms with Gasteiger partial charge in [0.25, 0.3) is 0 Å². The minimum Gasteiger partial charge on any atom is -0.480 e. The number of carboxylic acid groups (broad SMARTS) is 1. The van der Waals surface area contributed by atoms with Crippen LogP contribution in [0.5, 0.6) is 0 Å². The standard InChI is InChI=1S/C10H14BrNO2S/c1-6(2)5-12-9(10(13)14)7-3-4-8(11)15-7/h3-4,6,9,12H,5H2,1-2H3,(H,13,14). The van der Waals surface area contributed by atoms with Gasteiger partial charge < -0.3 is 5.11 Å². The fourth-order valence-electron chi connectivity index (χ4n) is 1.15. The van der Waals surface area contributed by atoms with Crippen LogP contribution in [0.4, 0.5) is 0 Å². The number of rotatable bonds is 5. The monoisotopic (exact) mass is 291 g/mol. The number of thiophene rings is 1. The summed E-state index contributed by atoms with van der Waals surface area (Å²) in [4.78, 5) is 11.9. The molecule has 0 aliphatic heterocycles. The Hall–Kier alpha value is -0.390. The van der Waals surface area contributed by atoms with Crippen molar-refractivity contribution < 1.29 is 9.90 Å². The van der Waals surface area contributed by atoms with E-state index in [1.54, 1.807) is 0 Å². The molecule has 2 N–H and O–H groups in total. The number of aliphatic carboxylic acids is 1. The van der Waals surface area contributed by atoms with E-state index in [1.807, 2.05) is 12.1 Å². The Morgan fingerprint density at radius 1 is 1.60 bits per heavy atom. The third-order valence-corrected chi connectivity index (χ3v) is 3.54. The maximum Gasteiger partial charge on any atom is 0.326 e. The van der Waals surface area contributed by atoms with Crippen molar-refractivity contribution in [2.75, 3.05) is 6.54 Å². The van der Waals surface area contributed by atoms with E-state index >= 15 is 0 Å². The van der Waals surface area contributed by atoms with Gasteiger partial charge in [0.2, 0.25) is 0 Å². The van der Waals surface area contributed by atoms with E-state index in [2.05, 4.69) is 35.1 Å². The van der Waals surface area contributed by atoms with Crippen LogP contribution in [-0.2, 0) is 4.79 Å². The molecule has 0 saturated carbocycles. The van der Waals surface area contributed by atoms with Crippen molar-refractivity contribution in [3.05, 3.63) is 20.8 Å². The maximum absolute atomic E-state index is 11.1. The number of hydrogen-bond donors (Lipinski definition) is 2. The summed E-state index contributed by atoms with van der Waals surface area (Å²) in [6.07, 6.45) is 0. The summed E-state index contributed by atoms with van der Waals surface area (Å²) in [5.41, 5.74) is 0. The molecule has 0 fully saturated rings. The zero-order valence-corrected chi connectivity index (χ0v) is 11.1. The number of hydrogen-bond acceptors (Lipinski definition) is 3. The van der Waals surface area contributed by atoms with E-state index in [0.29, 0.717) is 12.5 Å². The van der Waals surface area contributed by atoms with E-state index in [0.717, 1.165) is 8.66 Å². The predicted molar refractivity (Wildman–Crippen MR) is 65.2 cm³/mol. The van der Waals surface area contributed by atoms with Crippen molar-refractivity contribution in [2.45, 2.75) is 19.9 Å². The summed E-state index contributed by atoms with van der Waals surface area (Å²) in [6.45, 7) is 4.80. The SMILES string of the molecule is CC(C)CNC(C(=O)O)c1ccc(Br)s1. The first-order valence-electron chi connectivity index (χ1n) is 4.72.